The molecule has 7 nitrogen and oxygen atoms in total. The second kappa shape index (κ2) is 9.19. The smallest absolute Gasteiger partial charge is 0.224 e. The van der Waals surface area contributed by atoms with Gasteiger partial charge in [-0.1, -0.05) is 0 Å². The van der Waals surface area contributed by atoms with E-state index < -0.39 is 0 Å². The number of hydrogen-bond donors (Lipinski definition) is 2. The highest BCUT2D eigenvalue weighted by atomic mass is 16.5. The molecule has 2 aromatic rings. The highest BCUT2D eigenvalue weighted by Crippen LogP contribution is 2.34. The molecule has 136 valence electrons. The molecule has 0 saturated carbocycles. The molecule has 0 fully saturated rings. The van der Waals surface area contributed by atoms with Crippen molar-refractivity contribution in [2.45, 2.75) is 19.4 Å². The number of nitrogens with one attached hydrogen (secondary N) is 1. The van der Waals surface area contributed by atoms with Crippen molar-refractivity contribution >= 4 is 16.7 Å². The van der Waals surface area contributed by atoms with Gasteiger partial charge in [-0.15, -0.1) is 0 Å². The Bertz CT molecular complexity index is 734. The molecule has 0 bridgehead atoms. The van der Waals surface area contributed by atoms with Gasteiger partial charge < -0.3 is 25.3 Å². The molecule has 1 amide bonds. The van der Waals surface area contributed by atoms with E-state index in [0.29, 0.717) is 31.2 Å². The molecule has 25 heavy (non-hydrogen) atoms. The third-order valence-corrected chi connectivity index (χ3v) is 3.95. The number of carbonyl (C=O) groups is 1. The van der Waals surface area contributed by atoms with Gasteiger partial charge >= 0.3 is 0 Å². The minimum Gasteiger partial charge on any atom is -0.493 e. The van der Waals surface area contributed by atoms with Crippen molar-refractivity contribution < 1.29 is 19.0 Å². The first-order valence-corrected chi connectivity index (χ1v) is 8.12. The van der Waals surface area contributed by atoms with Gasteiger partial charge in [-0.05, 0) is 29.5 Å². The fourth-order valence-corrected chi connectivity index (χ4v) is 2.66. The second-order valence-corrected chi connectivity index (χ2v) is 5.56. The molecule has 0 saturated heterocycles. The topological polar surface area (TPSA) is 95.7 Å². The predicted octanol–water partition coefficient (Wildman–Crippen LogP) is 1.41. The van der Waals surface area contributed by atoms with Gasteiger partial charge in [0.25, 0.3) is 0 Å². The maximum absolute atomic E-state index is 12.2. The summed E-state index contributed by atoms with van der Waals surface area (Å²) in [4.78, 5) is 16.6. The number of benzene rings is 1. The largest absolute Gasteiger partial charge is 0.493 e. The Balaban J connectivity index is 2.32. The molecular weight excluding hydrogens is 322 g/mol. The highest BCUT2D eigenvalue weighted by Gasteiger charge is 2.14. The van der Waals surface area contributed by atoms with Gasteiger partial charge in [0.15, 0.2) is 11.5 Å². The van der Waals surface area contributed by atoms with Crippen molar-refractivity contribution in [2.24, 2.45) is 5.73 Å². The molecule has 0 spiro atoms. The monoisotopic (exact) mass is 347 g/mol. The van der Waals surface area contributed by atoms with Gasteiger partial charge in [0.1, 0.15) is 0 Å². The van der Waals surface area contributed by atoms with Crippen LogP contribution in [0.15, 0.2) is 18.3 Å². The molecule has 0 radical (unpaired) electrons. The second-order valence-electron chi connectivity index (χ2n) is 5.56. The van der Waals surface area contributed by atoms with E-state index in [2.05, 4.69) is 10.3 Å². The van der Waals surface area contributed by atoms with Gasteiger partial charge in [-0.3, -0.25) is 9.78 Å². The van der Waals surface area contributed by atoms with Crippen LogP contribution in [0.2, 0.25) is 0 Å². The molecule has 3 N–H and O–H groups in total. The number of hydrogen-bond acceptors (Lipinski definition) is 6. The maximum Gasteiger partial charge on any atom is 0.224 e. The SMILES string of the molecule is COCCCNC(=O)Cc1cnc(CN)c2cc(OC)c(OC)cc12. The average molecular weight is 347 g/mol. The van der Waals surface area contributed by atoms with E-state index in [9.17, 15) is 4.79 Å². The minimum atomic E-state index is -0.0607. The fourth-order valence-electron chi connectivity index (χ4n) is 2.66. The summed E-state index contributed by atoms with van der Waals surface area (Å²) in [7, 11) is 4.80. The number of rotatable bonds is 9. The highest BCUT2D eigenvalue weighted by molar-refractivity contribution is 5.93. The van der Waals surface area contributed by atoms with Crippen LogP contribution < -0.4 is 20.5 Å². The number of nitrogens with two attached hydrogens (primary N) is 1. The van der Waals surface area contributed by atoms with E-state index in [1.807, 2.05) is 12.1 Å². The third kappa shape index (κ3) is 4.58. The number of ether oxygens (including phenoxy) is 3. The Hall–Kier alpha value is -2.38. The van der Waals surface area contributed by atoms with Crippen LogP contribution in [-0.2, 0) is 22.5 Å². The first-order chi connectivity index (χ1) is 12.1. The van der Waals surface area contributed by atoms with E-state index in [-0.39, 0.29) is 12.3 Å². The van der Waals surface area contributed by atoms with E-state index >= 15 is 0 Å². The van der Waals surface area contributed by atoms with Crippen LogP contribution in [0.25, 0.3) is 10.8 Å². The standard InChI is InChI=1S/C18H25N3O4/c1-23-6-4-5-20-18(22)7-12-11-21-15(10-19)14-9-17(25-3)16(24-2)8-13(12)14/h8-9,11H,4-7,10,19H2,1-3H3,(H,20,22). The van der Waals surface area contributed by atoms with Crippen LogP contribution in [-0.4, -0.2) is 45.4 Å². The Morgan fingerprint density at radius 1 is 1.16 bits per heavy atom. The lowest BCUT2D eigenvalue weighted by atomic mass is 10.0. The normalized spacial score (nSPS) is 10.7. The van der Waals surface area contributed by atoms with E-state index in [1.165, 1.54) is 0 Å². The van der Waals surface area contributed by atoms with Gasteiger partial charge in [0.05, 0.1) is 26.3 Å². The van der Waals surface area contributed by atoms with E-state index in [1.54, 1.807) is 27.5 Å². The van der Waals surface area contributed by atoms with Gasteiger partial charge in [0, 0.05) is 38.4 Å². The Kier molecular flexibility index (Phi) is 6.97. The summed E-state index contributed by atoms with van der Waals surface area (Å²) in [6, 6.07) is 3.71. The Morgan fingerprint density at radius 3 is 2.44 bits per heavy atom. The summed E-state index contributed by atoms with van der Waals surface area (Å²) >= 11 is 0. The summed E-state index contributed by atoms with van der Waals surface area (Å²) in [6.07, 6.45) is 2.71. The van der Waals surface area contributed by atoms with Crippen molar-refractivity contribution in [2.75, 3.05) is 34.5 Å². The summed E-state index contributed by atoms with van der Waals surface area (Å²) in [5, 5.41) is 4.64. The van der Waals surface area contributed by atoms with E-state index in [0.717, 1.165) is 28.5 Å². The summed E-state index contributed by atoms with van der Waals surface area (Å²) < 4.78 is 15.7. The molecule has 0 aliphatic heterocycles. The molecule has 0 aliphatic carbocycles. The molecular formula is C18H25N3O4. The van der Waals surface area contributed by atoms with Gasteiger partial charge in [-0.25, -0.2) is 0 Å². The van der Waals surface area contributed by atoms with Crippen LogP contribution in [0.5, 0.6) is 11.5 Å². The first-order valence-electron chi connectivity index (χ1n) is 8.12. The summed E-state index contributed by atoms with van der Waals surface area (Å²) in [6.45, 7) is 1.50. The Morgan fingerprint density at radius 2 is 1.84 bits per heavy atom. The van der Waals surface area contributed by atoms with E-state index in [4.69, 9.17) is 19.9 Å². The quantitative estimate of drug-likeness (QED) is 0.666. The van der Waals surface area contributed by atoms with Crippen molar-refractivity contribution in [1.29, 1.82) is 0 Å². The zero-order chi connectivity index (χ0) is 18.2. The van der Waals surface area contributed by atoms with Gasteiger partial charge in [-0.2, -0.15) is 0 Å². The molecule has 0 atom stereocenters. The van der Waals surface area contributed by atoms with Crippen molar-refractivity contribution in [3.63, 3.8) is 0 Å². The number of aromatic nitrogens is 1. The van der Waals surface area contributed by atoms with Crippen LogP contribution in [0, 0.1) is 0 Å². The number of nitrogens with zero attached hydrogens (tertiary/aromatic N) is 1. The van der Waals surface area contributed by atoms with Crippen LogP contribution in [0.4, 0.5) is 0 Å². The Labute approximate surface area is 147 Å². The molecule has 7 heteroatoms. The van der Waals surface area contributed by atoms with Crippen LogP contribution in [0.3, 0.4) is 0 Å². The average Bonchev–Trinajstić information content (AvgIpc) is 2.64. The van der Waals surface area contributed by atoms with Crippen molar-refractivity contribution in [1.82, 2.24) is 10.3 Å². The van der Waals surface area contributed by atoms with Crippen molar-refractivity contribution in [3.05, 3.63) is 29.6 Å². The molecule has 1 aromatic carbocycles. The van der Waals surface area contributed by atoms with Crippen LogP contribution >= 0.6 is 0 Å². The zero-order valence-electron chi connectivity index (χ0n) is 14.9. The maximum atomic E-state index is 12.2. The first kappa shape index (κ1) is 19.0. The number of methoxy groups -OCH3 is 3. The third-order valence-electron chi connectivity index (χ3n) is 3.95. The minimum absolute atomic E-state index is 0.0607. The summed E-state index contributed by atoms with van der Waals surface area (Å²) in [5.74, 6) is 1.15. The number of fused-ring (bicyclic) bond motifs is 1. The predicted molar refractivity (Wildman–Crippen MR) is 95.9 cm³/mol. The molecule has 1 heterocycles. The fraction of sp³-hybridized carbons (Fsp3) is 0.444. The number of amides is 1. The molecule has 0 aliphatic rings. The lowest BCUT2D eigenvalue weighted by Gasteiger charge is -2.14. The molecule has 2 rings (SSSR count). The number of carbonyl (C=O) groups excluding carboxylic acids is 1. The van der Waals surface area contributed by atoms with Crippen LogP contribution in [0.1, 0.15) is 17.7 Å². The number of pyridine rings is 1. The molecule has 0 unspecified atom stereocenters. The zero-order valence-corrected chi connectivity index (χ0v) is 14.9. The molecule has 1 aromatic heterocycles. The lowest BCUT2D eigenvalue weighted by Crippen LogP contribution is -2.27. The lowest BCUT2D eigenvalue weighted by molar-refractivity contribution is -0.120. The van der Waals surface area contributed by atoms with Crippen molar-refractivity contribution in [3.8, 4) is 11.5 Å². The summed E-state index contributed by atoms with van der Waals surface area (Å²) in [5.41, 5.74) is 7.37. The van der Waals surface area contributed by atoms with Gasteiger partial charge in [0.2, 0.25) is 5.91 Å².